The number of carbonyl (C=O) groups excluding carboxylic acids is 2. The zero-order chi connectivity index (χ0) is 16.7. The Morgan fingerprint density at radius 2 is 2.17 bits per heavy atom. The molecule has 0 spiro atoms. The van der Waals surface area contributed by atoms with Crippen LogP contribution in [0.4, 0.5) is 11.4 Å². The molecule has 2 amide bonds. The highest BCUT2D eigenvalue weighted by Gasteiger charge is 2.19. The maximum atomic E-state index is 12.5. The summed E-state index contributed by atoms with van der Waals surface area (Å²) in [6, 6.07) is 10.9. The minimum Gasteiger partial charge on any atom is -0.326 e. The van der Waals surface area contributed by atoms with Gasteiger partial charge in [0.1, 0.15) is 0 Å². The zero-order valence-electron chi connectivity index (χ0n) is 12.8. The summed E-state index contributed by atoms with van der Waals surface area (Å²) in [5.74, 6) is -0.228. The van der Waals surface area contributed by atoms with Crippen LogP contribution in [0.3, 0.4) is 0 Å². The summed E-state index contributed by atoms with van der Waals surface area (Å²) in [4.78, 5) is 28.4. The molecule has 0 saturated carbocycles. The monoisotopic (exact) mass is 355 g/mol. The van der Waals surface area contributed by atoms with Crippen molar-refractivity contribution in [2.24, 2.45) is 0 Å². The fourth-order valence-electron chi connectivity index (χ4n) is 2.64. The number of carbonyl (C=O) groups is 2. The van der Waals surface area contributed by atoms with Crippen LogP contribution in [0.2, 0.25) is 0 Å². The topological polar surface area (TPSA) is 71.1 Å². The highest BCUT2D eigenvalue weighted by molar-refractivity contribution is 8.00. The molecule has 0 saturated heterocycles. The lowest BCUT2D eigenvalue weighted by molar-refractivity contribution is -0.115. The van der Waals surface area contributed by atoms with Crippen molar-refractivity contribution in [3.05, 3.63) is 47.5 Å². The number of nitrogens with one attached hydrogen (secondary N) is 2. The fraction of sp³-hybridized carbons (Fsp3) is 0.118. The van der Waals surface area contributed by atoms with E-state index in [0.717, 1.165) is 31.5 Å². The highest BCUT2D eigenvalue weighted by atomic mass is 32.2. The zero-order valence-corrected chi connectivity index (χ0v) is 14.4. The van der Waals surface area contributed by atoms with Crippen molar-refractivity contribution in [1.29, 1.82) is 0 Å². The number of rotatable bonds is 3. The Balaban J connectivity index is 1.58. The molecule has 0 fully saturated rings. The standard InChI is InChI=1S/C17H13N3O2S2/c1-23-17-20-13-5-3-11(8-14(13)24-17)18-16(22)9-2-4-12-10(6-9)7-15(21)19-12/h2-6,8H,7H2,1H3,(H,18,22)(H,19,21). The van der Waals surface area contributed by atoms with Crippen LogP contribution in [0.1, 0.15) is 15.9 Å². The van der Waals surface area contributed by atoms with E-state index in [4.69, 9.17) is 0 Å². The van der Waals surface area contributed by atoms with Gasteiger partial charge >= 0.3 is 0 Å². The van der Waals surface area contributed by atoms with Crippen LogP contribution in [-0.4, -0.2) is 23.1 Å². The smallest absolute Gasteiger partial charge is 0.255 e. The van der Waals surface area contributed by atoms with Gasteiger partial charge < -0.3 is 10.6 Å². The second kappa shape index (κ2) is 5.92. The van der Waals surface area contributed by atoms with E-state index in [9.17, 15) is 9.59 Å². The van der Waals surface area contributed by atoms with E-state index in [2.05, 4.69) is 15.6 Å². The van der Waals surface area contributed by atoms with E-state index in [1.165, 1.54) is 0 Å². The summed E-state index contributed by atoms with van der Waals surface area (Å²) >= 11 is 3.21. The average molecular weight is 355 g/mol. The van der Waals surface area contributed by atoms with Crippen molar-refractivity contribution in [3.63, 3.8) is 0 Å². The van der Waals surface area contributed by atoms with Gasteiger partial charge in [0.05, 0.1) is 16.6 Å². The lowest BCUT2D eigenvalue weighted by atomic mass is 10.1. The molecule has 5 nitrogen and oxygen atoms in total. The normalized spacial score (nSPS) is 13.0. The lowest BCUT2D eigenvalue weighted by Crippen LogP contribution is -2.11. The van der Waals surface area contributed by atoms with Crippen molar-refractivity contribution < 1.29 is 9.59 Å². The molecular weight excluding hydrogens is 342 g/mol. The maximum Gasteiger partial charge on any atom is 0.255 e. The van der Waals surface area contributed by atoms with Crippen LogP contribution < -0.4 is 10.6 Å². The van der Waals surface area contributed by atoms with Gasteiger partial charge in [-0.2, -0.15) is 0 Å². The third-order valence-electron chi connectivity index (χ3n) is 3.79. The van der Waals surface area contributed by atoms with E-state index in [1.807, 2.05) is 24.5 Å². The minimum atomic E-state index is -0.189. The Kier molecular flexibility index (Phi) is 3.74. The van der Waals surface area contributed by atoms with E-state index in [-0.39, 0.29) is 11.8 Å². The second-order valence-electron chi connectivity index (χ2n) is 5.42. The molecule has 0 unspecified atom stereocenters. The fourth-order valence-corrected chi connectivity index (χ4v) is 4.17. The van der Waals surface area contributed by atoms with Crippen LogP contribution in [0.15, 0.2) is 40.7 Å². The molecule has 1 aliphatic rings. The summed E-state index contributed by atoms with van der Waals surface area (Å²) in [6.45, 7) is 0. The number of hydrogen-bond acceptors (Lipinski definition) is 5. The Morgan fingerprint density at radius 3 is 3.00 bits per heavy atom. The van der Waals surface area contributed by atoms with E-state index >= 15 is 0 Å². The van der Waals surface area contributed by atoms with Gasteiger partial charge in [0.25, 0.3) is 5.91 Å². The van der Waals surface area contributed by atoms with Gasteiger partial charge in [-0.25, -0.2) is 4.98 Å². The predicted octanol–water partition coefficient (Wildman–Crippen LogP) is 3.77. The summed E-state index contributed by atoms with van der Waals surface area (Å²) in [7, 11) is 0. The van der Waals surface area contributed by atoms with Gasteiger partial charge in [0, 0.05) is 16.9 Å². The molecule has 3 aromatic rings. The SMILES string of the molecule is CSc1nc2ccc(NC(=O)c3ccc4c(c3)CC(=O)N4)cc2s1. The van der Waals surface area contributed by atoms with Crippen molar-refractivity contribution in [2.45, 2.75) is 10.8 Å². The number of aromatic nitrogens is 1. The van der Waals surface area contributed by atoms with Crippen molar-refractivity contribution >= 4 is 56.5 Å². The summed E-state index contributed by atoms with van der Waals surface area (Å²) in [6.07, 6.45) is 2.31. The van der Waals surface area contributed by atoms with Crippen LogP contribution in [0, 0.1) is 0 Å². The number of benzene rings is 2. The van der Waals surface area contributed by atoms with Crippen molar-refractivity contribution in [3.8, 4) is 0 Å². The van der Waals surface area contributed by atoms with Crippen LogP contribution >= 0.6 is 23.1 Å². The minimum absolute atomic E-state index is 0.0391. The van der Waals surface area contributed by atoms with Crippen molar-refractivity contribution in [1.82, 2.24) is 4.98 Å². The largest absolute Gasteiger partial charge is 0.326 e. The molecule has 7 heteroatoms. The highest BCUT2D eigenvalue weighted by Crippen LogP contribution is 2.30. The number of nitrogens with zero attached hydrogens (tertiary/aromatic N) is 1. The van der Waals surface area contributed by atoms with Crippen LogP contribution in [0.25, 0.3) is 10.2 Å². The first-order chi connectivity index (χ1) is 11.6. The Morgan fingerprint density at radius 1 is 1.29 bits per heavy atom. The van der Waals surface area contributed by atoms with Gasteiger partial charge in [0.15, 0.2) is 4.34 Å². The molecule has 1 aliphatic heterocycles. The van der Waals surface area contributed by atoms with Gasteiger partial charge in [-0.15, -0.1) is 11.3 Å². The van der Waals surface area contributed by atoms with E-state index in [1.54, 1.807) is 41.3 Å². The first kappa shape index (κ1) is 15.2. The molecule has 0 aliphatic carbocycles. The summed E-state index contributed by atoms with van der Waals surface area (Å²) in [5, 5.41) is 5.67. The van der Waals surface area contributed by atoms with Gasteiger partial charge in [0.2, 0.25) is 5.91 Å². The van der Waals surface area contributed by atoms with Crippen molar-refractivity contribution in [2.75, 3.05) is 16.9 Å². The molecule has 4 rings (SSSR count). The molecular formula is C17H13N3O2S2. The lowest BCUT2D eigenvalue weighted by Gasteiger charge is -2.06. The number of amides is 2. The molecule has 0 radical (unpaired) electrons. The second-order valence-corrected chi connectivity index (χ2v) is 7.50. The summed E-state index contributed by atoms with van der Waals surface area (Å²) < 4.78 is 2.05. The Hall–Kier alpha value is -2.38. The molecule has 120 valence electrons. The van der Waals surface area contributed by atoms with Gasteiger partial charge in [-0.05, 0) is 48.2 Å². The number of hydrogen-bond donors (Lipinski definition) is 2. The van der Waals surface area contributed by atoms with Gasteiger partial charge in [-0.3, -0.25) is 9.59 Å². The van der Waals surface area contributed by atoms with E-state index in [0.29, 0.717) is 12.0 Å². The summed E-state index contributed by atoms with van der Waals surface area (Å²) in [5.41, 5.74) is 3.85. The van der Waals surface area contributed by atoms with Gasteiger partial charge in [-0.1, -0.05) is 11.8 Å². The third-order valence-corrected chi connectivity index (χ3v) is 5.80. The molecule has 24 heavy (non-hydrogen) atoms. The molecule has 1 aromatic heterocycles. The third kappa shape index (κ3) is 2.76. The number of fused-ring (bicyclic) bond motifs is 2. The molecule has 0 bridgehead atoms. The Bertz CT molecular complexity index is 981. The number of thiazole rings is 1. The quantitative estimate of drug-likeness (QED) is 0.702. The first-order valence-corrected chi connectivity index (χ1v) is 9.35. The first-order valence-electron chi connectivity index (χ1n) is 7.31. The molecule has 2 heterocycles. The van der Waals surface area contributed by atoms with Crippen LogP contribution in [0.5, 0.6) is 0 Å². The maximum absolute atomic E-state index is 12.5. The number of thioether (sulfide) groups is 1. The molecule has 2 N–H and O–H groups in total. The molecule has 2 aromatic carbocycles. The number of anilines is 2. The average Bonchev–Trinajstić information content (AvgIpc) is 3.15. The van der Waals surface area contributed by atoms with E-state index < -0.39 is 0 Å². The Labute approximate surface area is 146 Å². The predicted molar refractivity (Wildman–Crippen MR) is 98.1 cm³/mol. The molecule has 0 atom stereocenters. The van der Waals surface area contributed by atoms with Crippen LogP contribution in [-0.2, 0) is 11.2 Å².